The smallest absolute Gasteiger partial charge is 0.407 e. The molecule has 0 bridgehead atoms. The van der Waals surface area contributed by atoms with Crippen LogP contribution in [0.3, 0.4) is 0 Å². The highest BCUT2D eigenvalue weighted by Crippen LogP contribution is 2.31. The normalized spacial score (nSPS) is 12.2. The predicted octanol–water partition coefficient (Wildman–Crippen LogP) is 4.91. The van der Waals surface area contributed by atoms with Crippen molar-refractivity contribution in [1.29, 1.82) is 0 Å². The number of amides is 1. The Hall–Kier alpha value is -3.11. The van der Waals surface area contributed by atoms with Crippen molar-refractivity contribution in [2.75, 3.05) is 19.4 Å². The van der Waals surface area contributed by atoms with E-state index in [9.17, 15) is 13.2 Å². The Labute approximate surface area is 202 Å². The molecule has 0 saturated carbocycles. The number of imidazole rings is 1. The van der Waals surface area contributed by atoms with Crippen molar-refractivity contribution in [2.45, 2.75) is 37.7 Å². The minimum absolute atomic E-state index is 0.306. The molecule has 0 aliphatic carbocycles. The molecule has 1 amide bonds. The average molecular weight is 502 g/mol. The standard InChI is InChI=1S/C24H27N3O5S2/c1-24(2,3)32-23(28)25-12-5-13-31-17-8-6-16(7-9-17)19-15-27-20-11-10-18(34(4,29)30)14-21(20)33-22(27)26-19/h6-11,14-15H,5,12-13H2,1-4H3,(H,25,28). The third-order valence-electron chi connectivity index (χ3n) is 4.90. The lowest BCUT2D eigenvalue weighted by Crippen LogP contribution is -2.33. The summed E-state index contributed by atoms with van der Waals surface area (Å²) in [5.41, 5.74) is 2.19. The first-order chi connectivity index (χ1) is 16.0. The molecule has 4 rings (SSSR count). The van der Waals surface area contributed by atoms with Crippen LogP contribution in [0.25, 0.3) is 26.4 Å². The summed E-state index contributed by atoms with van der Waals surface area (Å²) in [5.74, 6) is 0.737. The van der Waals surface area contributed by atoms with Gasteiger partial charge in [0.1, 0.15) is 11.4 Å². The van der Waals surface area contributed by atoms with Crippen LogP contribution in [0.1, 0.15) is 27.2 Å². The Balaban J connectivity index is 1.36. The number of sulfone groups is 1. The summed E-state index contributed by atoms with van der Waals surface area (Å²) in [6.45, 7) is 6.41. The van der Waals surface area contributed by atoms with E-state index in [0.717, 1.165) is 32.2 Å². The number of benzene rings is 2. The minimum Gasteiger partial charge on any atom is -0.494 e. The van der Waals surface area contributed by atoms with E-state index in [4.69, 9.17) is 14.5 Å². The molecule has 0 spiro atoms. The molecule has 180 valence electrons. The Kier molecular flexibility index (Phi) is 6.55. The molecule has 0 aliphatic rings. The highest BCUT2D eigenvalue weighted by atomic mass is 32.2. The molecule has 2 aromatic carbocycles. The molecule has 0 unspecified atom stereocenters. The summed E-state index contributed by atoms with van der Waals surface area (Å²) in [6.07, 6.45) is 3.39. The highest BCUT2D eigenvalue weighted by Gasteiger charge is 2.16. The zero-order valence-electron chi connectivity index (χ0n) is 19.5. The fraction of sp³-hybridized carbons (Fsp3) is 0.333. The quantitative estimate of drug-likeness (QED) is 0.361. The van der Waals surface area contributed by atoms with Crippen LogP contribution in [-0.4, -0.2) is 48.9 Å². The van der Waals surface area contributed by atoms with Crippen molar-refractivity contribution in [2.24, 2.45) is 0 Å². The van der Waals surface area contributed by atoms with Crippen LogP contribution in [0.15, 0.2) is 53.6 Å². The lowest BCUT2D eigenvalue weighted by Gasteiger charge is -2.19. The summed E-state index contributed by atoms with van der Waals surface area (Å²) in [6, 6.07) is 12.8. The number of hydrogen-bond acceptors (Lipinski definition) is 7. The van der Waals surface area contributed by atoms with Gasteiger partial charge in [-0.2, -0.15) is 0 Å². The molecule has 8 nitrogen and oxygen atoms in total. The number of hydrogen-bond donors (Lipinski definition) is 1. The van der Waals surface area contributed by atoms with Crippen molar-refractivity contribution in [3.05, 3.63) is 48.7 Å². The van der Waals surface area contributed by atoms with Gasteiger partial charge in [0.25, 0.3) is 0 Å². The largest absolute Gasteiger partial charge is 0.494 e. The predicted molar refractivity (Wildman–Crippen MR) is 133 cm³/mol. The van der Waals surface area contributed by atoms with E-state index < -0.39 is 21.5 Å². The van der Waals surface area contributed by atoms with Gasteiger partial charge in [-0.3, -0.25) is 4.40 Å². The first-order valence-corrected chi connectivity index (χ1v) is 13.5. The van der Waals surface area contributed by atoms with E-state index in [1.807, 2.05) is 61.7 Å². The van der Waals surface area contributed by atoms with Gasteiger partial charge in [0.15, 0.2) is 14.8 Å². The van der Waals surface area contributed by atoms with E-state index in [2.05, 4.69) is 5.32 Å². The van der Waals surface area contributed by atoms with E-state index in [1.165, 1.54) is 17.6 Å². The van der Waals surface area contributed by atoms with Crippen LogP contribution in [0, 0.1) is 0 Å². The molecule has 1 N–H and O–H groups in total. The number of carbonyl (C=O) groups is 1. The van der Waals surface area contributed by atoms with Gasteiger partial charge in [-0.15, -0.1) is 0 Å². The molecule has 0 saturated heterocycles. The Bertz CT molecular complexity index is 1430. The fourth-order valence-electron chi connectivity index (χ4n) is 3.34. The monoisotopic (exact) mass is 501 g/mol. The SMILES string of the molecule is CC(C)(C)OC(=O)NCCCOc1ccc(-c2cn3c(n2)sc2cc(S(C)(=O)=O)ccc23)cc1. The van der Waals surface area contributed by atoms with Crippen LogP contribution in [0.5, 0.6) is 5.75 Å². The van der Waals surface area contributed by atoms with Gasteiger partial charge in [0.2, 0.25) is 0 Å². The summed E-state index contributed by atoms with van der Waals surface area (Å²) in [5, 5.41) is 2.71. The average Bonchev–Trinajstić information content (AvgIpc) is 3.29. The number of aromatic nitrogens is 2. The first kappa shape index (κ1) is 24.0. The number of nitrogens with one attached hydrogen (secondary N) is 1. The summed E-state index contributed by atoms with van der Waals surface area (Å²) in [7, 11) is -3.25. The van der Waals surface area contributed by atoms with E-state index in [1.54, 1.807) is 12.1 Å². The molecule has 0 fully saturated rings. The zero-order valence-corrected chi connectivity index (χ0v) is 21.1. The maximum atomic E-state index is 11.8. The lowest BCUT2D eigenvalue weighted by molar-refractivity contribution is 0.0525. The molecule has 0 aliphatic heterocycles. The number of fused-ring (bicyclic) bond motifs is 3. The number of carbonyl (C=O) groups excluding carboxylic acids is 1. The maximum absolute atomic E-state index is 11.8. The molecule has 0 atom stereocenters. The third kappa shape index (κ3) is 5.68. The van der Waals surface area contributed by atoms with Gasteiger partial charge in [0, 0.05) is 24.6 Å². The molecule has 0 radical (unpaired) electrons. The molecule has 10 heteroatoms. The summed E-state index contributed by atoms with van der Waals surface area (Å²) in [4.78, 5) is 17.4. The van der Waals surface area contributed by atoms with Crippen molar-refractivity contribution in [3.8, 4) is 17.0 Å². The molecule has 2 heterocycles. The van der Waals surface area contributed by atoms with Gasteiger partial charge in [-0.1, -0.05) is 11.3 Å². The Morgan fingerprint density at radius 2 is 1.88 bits per heavy atom. The second-order valence-electron chi connectivity index (χ2n) is 8.94. The van der Waals surface area contributed by atoms with Crippen LogP contribution >= 0.6 is 11.3 Å². The molecular formula is C24H27N3O5S2. The third-order valence-corrected chi connectivity index (χ3v) is 7.03. The van der Waals surface area contributed by atoms with Gasteiger partial charge < -0.3 is 14.8 Å². The second kappa shape index (κ2) is 9.27. The fourth-order valence-corrected chi connectivity index (χ4v) is 5.11. The second-order valence-corrected chi connectivity index (χ2v) is 12.0. The minimum atomic E-state index is -3.25. The van der Waals surface area contributed by atoms with Gasteiger partial charge in [-0.25, -0.2) is 18.2 Å². The first-order valence-electron chi connectivity index (χ1n) is 10.8. The van der Waals surface area contributed by atoms with Crippen LogP contribution < -0.4 is 10.1 Å². The van der Waals surface area contributed by atoms with Gasteiger partial charge in [0.05, 0.1) is 27.4 Å². The Morgan fingerprint density at radius 3 is 2.56 bits per heavy atom. The van der Waals surface area contributed by atoms with Crippen molar-refractivity contribution in [3.63, 3.8) is 0 Å². The zero-order chi connectivity index (χ0) is 24.5. The summed E-state index contributed by atoms with van der Waals surface area (Å²) < 4.78 is 37.4. The van der Waals surface area contributed by atoms with E-state index in [-0.39, 0.29) is 0 Å². The topological polar surface area (TPSA) is 99.0 Å². The van der Waals surface area contributed by atoms with Crippen molar-refractivity contribution < 1.29 is 22.7 Å². The maximum Gasteiger partial charge on any atom is 0.407 e. The van der Waals surface area contributed by atoms with Crippen molar-refractivity contribution >= 4 is 42.4 Å². The van der Waals surface area contributed by atoms with Crippen LogP contribution in [0.4, 0.5) is 4.79 Å². The van der Waals surface area contributed by atoms with Crippen LogP contribution in [-0.2, 0) is 14.6 Å². The van der Waals surface area contributed by atoms with E-state index in [0.29, 0.717) is 24.5 Å². The lowest BCUT2D eigenvalue weighted by atomic mass is 10.1. The summed E-state index contributed by atoms with van der Waals surface area (Å²) >= 11 is 1.45. The highest BCUT2D eigenvalue weighted by molar-refractivity contribution is 7.90. The molecular weight excluding hydrogens is 474 g/mol. The Morgan fingerprint density at radius 1 is 1.15 bits per heavy atom. The van der Waals surface area contributed by atoms with E-state index >= 15 is 0 Å². The number of rotatable bonds is 7. The van der Waals surface area contributed by atoms with Crippen LogP contribution in [0.2, 0.25) is 0 Å². The molecule has 2 aromatic heterocycles. The van der Waals surface area contributed by atoms with Gasteiger partial charge >= 0.3 is 6.09 Å². The number of thiazole rings is 1. The number of ether oxygens (including phenoxy) is 2. The van der Waals surface area contributed by atoms with Gasteiger partial charge in [-0.05, 0) is 69.7 Å². The van der Waals surface area contributed by atoms with Crippen molar-refractivity contribution in [1.82, 2.24) is 14.7 Å². The molecule has 4 aromatic rings. The number of nitrogens with zero attached hydrogens (tertiary/aromatic N) is 2. The number of alkyl carbamates (subject to hydrolysis) is 1. The molecule has 34 heavy (non-hydrogen) atoms.